The van der Waals surface area contributed by atoms with Gasteiger partial charge in [0.15, 0.2) is 5.78 Å². The molecule has 0 aliphatic heterocycles. The highest BCUT2D eigenvalue weighted by Gasteiger charge is 2.07. The zero-order valence-electron chi connectivity index (χ0n) is 9.49. The SMILES string of the molecule is CCC(=O)c1cccc(-c2ccsc2C)c1. The second-order valence-electron chi connectivity index (χ2n) is 3.75. The maximum Gasteiger partial charge on any atom is 0.162 e. The zero-order valence-corrected chi connectivity index (χ0v) is 10.3. The molecule has 1 nitrogen and oxygen atoms in total. The van der Waals surface area contributed by atoms with E-state index in [2.05, 4.69) is 24.4 Å². The summed E-state index contributed by atoms with van der Waals surface area (Å²) >= 11 is 1.73. The van der Waals surface area contributed by atoms with Gasteiger partial charge in [-0.25, -0.2) is 0 Å². The van der Waals surface area contributed by atoms with Crippen LogP contribution >= 0.6 is 11.3 Å². The normalized spacial score (nSPS) is 10.4. The number of hydrogen-bond donors (Lipinski definition) is 0. The van der Waals surface area contributed by atoms with Gasteiger partial charge in [-0.05, 0) is 35.6 Å². The summed E-state index contributed by atoms with van der Waals surface area (Å²) in [5, 5.41) is 2.08. The summed E-state index contributed by atoms with van der Waals surface area (Å²) < 4.78 is 0. The van der Waals surface area contributed by atoms with Crippen LogP contribution in [0.2, 0.25) is 0 Å². The Balaban J connectivity index is 2.44. The van der Waals surface area contributed by atoms with Gasteiger partial charge in [0, 0.05) is 16.9 Å². The highest BCUT2D eigenvalue weighted by Crippen LogP contribution is 2.28. The molecular formula is C14H14OS. The number of ketones is 1. The molecule has 0 bridgehead atoms. The van der Waals surface area contributed by atoms with Crippen molar-refractivity contribution in [1.29, 1.82) is 0 Å². The van der Waals surface area contributed by atoms with Crippen molar-refractivity contribution in [2.24, 2.45) is 0 Å². The van der Waals surface area contributed by atoms with Crippen molar-refractivity contribution in [3.8, 4) is 11.1 Å². The van der Waals surface area contributed by atoms with Crippen LogP contribution in [0.3, 0.4) is 0 Å². The third-order valence-corrected chi connectivity index (χ3v) is 3.52. The van der Waals surface area contributed by atoms with Crippen molar-refractivity contribution in [3.05, 3.63) is 46.2 Å². The molecule has 0 saturated carbocycles. The summed E-state index contributed by atoms with van der Waals surface area (Å²) in [4.78, 5) is 12.9. The fraction of sp³-hybridized carbons (Fsp3) is 0.214. The monoisotopic (exact) mass is 230 g/mol. The fourth-order valence-electron chi connectivity index (χ4n) is 1.75. The molecule has 82 valence electrons. The number of rotatable bonds is 3. The molecule has 1 aromatic heterocycles. The lowest BCUT2D eigenvalue weighted by molar-refractivity contribution is 0.0988. The average Bonchev–Trinajstić information content (AvgIpc) is 2.74. The summed E-state index contributed by atoms with van der Waals surface area (Å²) in [7, 11) is 0. The van der Waals surface area contributed by atoms with E-state index in [0.29, 0.717) is 6.42 Å². The molecule has 0 amide bonds. The first kappa shape index (κ1) is 11.1. The van der Waals surface area contributed by atoms with Crippen LogP contribution in [0.25, 0.3) is 11.1 Å². The van der Waals surface area contributed by atoms with Crippen molar-refractivity contribution in [2.45, 2.75) is 20.3 Å². The van der Waals surface area contributed by atoms with Crippen molar-refractivity contribution >= 4 is 17.1 Å². The first-order valence-electron chi connectivity index (χ1n) is 5.40. The Kier molecular flexibility index (Phi) is 3.20. The minimum Gasteiger partial charge on any atom is -0.294 e. The fourth-order valence-corrected chi connectivity index (χ4v) is 2.47. The molecule has 0 aliphatic rings. The Bertz CT molecular complexity index is 511. The van der Waals surface area contributed by atoms with E-state index in [1.807, 2.05) is 25.1 Å². The van der Waals surface area contributed by atoms with E-state index in [9.17, 15) is 4.79 Å². The van der Waals surface area contributed by atoms with Gasteiger partial charge in [0.25, 0.3) is 0 Å². The minimum atomic E-state index is 0.203. The van der Waals surface area contributed by atoms with Crippen LogP contribution in [0.5, 0.6) is 0 Å². The first-order valence-corrected chi connectivity index (χ1v) is 6.28. The van der Waals surface area contributed by atoms with Gasteiger partial charge < -0.3 is 0 Å². The van der Waals surface area contributed by atoms with E-state index in [4.69, 9.17) is 0 Å². The third-order valence-electron chi connectivity index (χ3n) is 2.68. The van der Waals surface area contributed by atoms with Crippen molar-refractivity contribution in [3.63, 3.8) is 0 Å². The third kappa shape index (κ3) is 2.07. The van der Waals surface area contributed by atoms with Crippen molar-refractivity contribution < 1.29 is 4.79 Å². The molecule has 0 unspecified atom stereocenters. The first-order chi connectivity index (χ1) is 7.72. The summed E-state index contributed by atoms with van der Waals surface area (Å²) in [6, 6.07) is 9.99. The van der Waals surface area contributed by atoms with Gasteiger partial charge >= 0.3 is 0 Å². The van der Waals surface area contributed by atoms with Gasteiger partial charge in [-0.3, -0.25) is 4.79 Å². The number of aryl methyl sites for hydroxylation is 1. The largest absolute Gasteiger partial charge is 0.294 e. The van der Waals surface area contributed by atoms with Gasteiger partial charge in [0.2, 0.25) is 0 Å². The van der Waals surface area contributed by atoms with Gasteiger partial charge in [0.1, 0.15) is 0 Å². The highest BCUT2D eigenvalue weighted by atomic mass is 32.1. The van der Waals surface area contributed by atoms with Crippen LogP contribution in [-0.4, -0.2) is 5.78 Å². The van der Waals surface area contributed by atoms with E-state index < -0.39 is 0 Å². The Labute approximate surface area is 99.8 Å². The number of thiophene rings is 1. The van der Waals surface area contributed by atoms with Crippen LogP contribution in [-0.2, 0) is 0 Å². The summed E-state index contributed by atoms with van der Waals surface area (Å²) in [6.45, 7) is 4.00. The van der Waals surface area contributed by atoms with E-state index in [0.717, 1.165) is 11.1 Å². The van der Waals surface area contributed by atoms with Crippen LogP contribution < -0.4 is 0 Å². The number of carbonyl (C=O) groups is 1. The molecule has 0 fully saturated rings. The van der Waals surface area contributed by atoms with Gasteiger partial charge in [-0.1, -0.05) is 25.1 Å². The molecule has 0 atom stereocenters. The smallest absolute Gasteiger partial charge is 0.162 e. The van der Waals surface area contributed by atoms with E-state index in [1.165, 1.54) is 10.4 Å². The number of hydrogen-bond acceptors (Lipinski definition) is 2. The number of carbonyl (C=O) groups excluding carboxylic acids is 1. The predicted octanol–water partition coefficient (Wildman–Crippen LogP) is 4.32. The predicted molar refractivity (Wildman–Crippen MR) is 69.1 cm³/mol. The standard InChI is InChI=1S/C14H14OS/c1-3-14(15)12-6-4-5-11(9-12)13-7-8-16-10(13)2/h4-9H,3H2,1-2H3. The van der Waals surface area contributed by atoms with Crippen LogP contribution in [0.15, 0.2) is 35.7 Å². The van der Waals surface area contributed by atoms with Crippen LogP contribution in [0, 0.1) is 6.92 Å². The molecule has 0 N–H and O–H groups in total. The molecule has 2 heteroatoms. The van der Waals surface area contributed by atoms with Crippen molar-refractivity contribution in [1.82, 2.24) is 0 Å². The molecule has 1 heterocycles. The van der Waals surface area contributed by atoms with Crippen molar-refractivity contribution in [2.75, 3.05) is 0 Å². The molecule has 2 aromatic rings. The van der Waals surface area contributed by atoms with Gasteiger partial charge in [0.05, 0.1) is 0 Å². The summed E-state index contributed by atoms with van der Waals surface area (Å²) in [5.41, 5.74) is 3.18. The molecule has 0 saturated heterocycles. The molecule has 2 rings (SSSR count). The average molecular weight is 230 g/mol. The Morgan fingerprint density at radius 3 is 2.75 bits per heavy atom. The number of benzene rings is 1. The number of Topliss-reactive ketones (excluding diaryl/α,β-unsaturated/α-hetero) is 1. The topological polar surface area (TPSA) is 17.1 Å². The summed E-state index contributed by atoms with van der Waals surface area (Å²) in [5.74, 6) is 0.203. The lowest BCUT2D eigenvalue weighted by Gasteiger charge is -2.03. The lowest BCUT2D eigenvalue weighted by Crippen LogP contribution is -1.96. The second-order valence-corrected chi connectivity index (χ2v) is 4.87. The van der Waals surface area contributed by atoms with E-state index in [-0.39, 0.29) is 5.78 Å². The van der Waals surface area contributed by atoms with E-state index in [1.54, 1.807) is 11.3 Å². The Morgan fingerprint density at radius 1 is 1.31 bits per heavy atom. The lowest BCUT2D eigenvalue weighted by atomic mass is 10.0. The quantitative estimate of drug-likeness (QED) is 0.718. The van der Waals surface area contributed by atoms with Crippen LogP contribution in [0.4, 0.5) is 0 Å². The highest BCUT2D eigenvalue weighted by molar-refractivity contribution is 7.10. The van der Waals surface area contributed by atoms with E-state index >= 15 is 0 Å². The molecule has 1 aromatic carbocycles. The van der Waals surface area contributed by atoms with Gasteiger partial charge in [-0.2, -0.15) is 0 Å². The summed E-state index contributed by atoms with van der Waals surface area (Å²) in [6.07, 6.45) is 0.562. The van der Waals surface area contributed by atoms with Gasteiger partial charge in [-0.15, -0.1) is 11.3 Å². The minimum absolute atomic E-state index is 0.203. The maximum atomic E-state index is 11.6. The Hall–Kier alpha value is -1.41. The molecule has 0 radical (unpaired) electrons. The van der Waals surface area contributed by atoms with Crippen LogP contribution in [0.1, 0.15) is 28.6 Å². The Morgan fingerprint density at radius 2 is 2.12 bits per heavy atom. The zero-order chi connectivity index (χ0) is 11.5. The second kappa shape index (κ2) is 4.62. The molecule has 0 aliphatic carbocycles. The molecular weight excluding hydrogens is 216 g/mol. The molecule has 16 heavy (non-hydrogen) atoms. The maximum absolute atomic E-state index is 11.6. The molecule has 0 spiro atoms.